The van der Waals surface area contributed by atoms with E-state index in [0.717, 1.165) is 49.5 Å². The Morgan fingerprint density at radius 3 is 1.44 bits per heavy atom. The summed E-state index contributed by atoms with van der Waals surface area (Å²) in [5.41, 5.74) is 9.95. The Kier molecular flexibility index (Phi) is 3.72. The van der Waals surface area contributed by atoms with Crippen molar-refractivity contribution in [3.63, 3.8) is 0 Å². The van der Waals surface area contributed by atoms with Crippen molar-refractivity contribution in [2.75, 3.05) is 0 Å². The second kappa shape index (κ2) is 9.29. The Hall–Kier alpha value is -5.92. The van der Waals surface area contributed by atoms with Crippen LogP contribution in [0.25, 0.3) is 93.5 Å². The first kappa shape index (κ1) is 18.0. The Bertz CT molecular complexity index is 3000. The lowest BCUT2D eigenvalue weighted by atomic mass is 9.70. The molecule has 1 nitrogen and oxygen atoms in total. The number of hydrogen-bond acceptors (Lipinski definition) is 0. The minimum Gasteiger partial charge on any atom is -0.309 e. The second-order valence-electron chi connectivity index (χ2n) is 11.5. The Balaban J connectivity index is 1.29. The SMILES string of the molecule is [2H]c1c([2H])c([2H])c2c(c1[2H])c1c([2H])c([2H])c([2H])c([2H])c1n2-c1ccc2cc3c(cc2c1)-c1c-3c(-c2ccccc2)c2ccccc2c1-c1ccccc1. The predicted molar refractivity (Wildman–Crippen MR) is 191 cm³/mol. The summed E-state index contributed by atoms with van der Waals surface area (Å²) in [5, 5.41) is 4.32. The second-order valence-corrected chi connectivity index (χ2v) is 11.5. The molecule has 0 unspecified atom stereocenters. The molecule has 0 atom stereocenters. The van der Waals surface area contributed by atoms with Crippen LogP contribution in [0.2, 0.25) is 0 Å². The molecule has 0 bridgehead atoms. The molecule has 8 aromatic carbocycles. The van der Waals surface area contributed by atoms with Gasteiger partial charge in [0.1, 0.15) is 0 Å². The number of para-hydroxylation sites is 2. The van der Waals surface area contributed by atoms with E-state index in [1.165, 1.54) is 16.5 Å². The van der Waals surface area contributed by atoms with Crippen LogP contribution in [-0.4, -0.2) is 4.57 Å². The highest BCUT2D eigenvalue weighted by molar-refractivity contribution is 6.26. The third-order valence-corrected chi connectivity index (χ3v) is 9.13. The van der Waals surface area contributed by atoms with Gasteiger partial charge in [0.2, 0.25) is 0 Å². The van der Waals surface area contributed by atoms with Crippen molar-refractivity contribution in [1.29, 1.82) is 0 Å². The van der Waals surface area contributed by atoms with E-state index in [2.05, 4.69) is 84.9 Å². The quantitative estimate of drug-likeness (QED) is 0.197. The third-order valence-electron chi connectivity index (χ3n) is 9.13. The fourth-order valence-corrected chi connectivity index (χ4v) is 7.24. The zero-order chi connectivity index (χ0) is 36.4. The minimum atomic E-state index is -0.456. The number of fused-ring (bicyclic) bond motifs is 9. The van der Waals surface area contributed by atoms with Crippen molar-refractivity contribution in [1.82, 2.24) is 4.57 Å². The summed E-state index contributed by atoms with van der Waals surface area (Å²) < 4.78 is 70.9. The maximum atomic E-state index is 8.95. The van der Waals surface area contributed by atoms with Crippen LogP contribution in [0.3, 0.4) is 0 Å². The molecule has 1 aliphatic carbocycles. The van der Waals surface area contributed by atoms with Crippen LogP contribution in [0.15, 0.2) is 164 Å². The lowest BCUT2D eigenvalue weighted by Gasteiger charge is -2.32. The molecule has 1 aliphatic rings. The van der Waals surface area contributed by atoms with E-state index in [9.17, 15) is 0 Å². The molecule has 208 valence electrons. The minimum absolute atomic E-state index is 0.0667. The zero-order valence-corrected chi connectivity index (χ0v) is 23.9. The Labute approximate surface area is 272 Å². The molecule has 0 amide bonds. The van der Waals surface area contributed by atoms with Gasteiger partial charge in [0.05, 0.1) is 22.0 Å². The molecular formula is C44H27N. The van der Waals surface area contributed by atoms with Gasteiger partial charge in [-0.3, -0.25) is 0 Å². The predicted octanol–water partition coefficient (Wildman–Crippen LogP) is 12.1. The molecule has 0 aliphatic heterocycles. The van der Waals surface area contributed by atoms with Crippen LogP contribution in [0.4, 0.5) is 0 Å². The van der Waals surface area contributed by atoms with E-state index >= 15 is 0 Å². The first-order chi connectivity index (χ1) is 25.7. The van der Waals surface area contributed by atoms with Crippen molar-refractivity contribution < 1.29 is 11.0 Å². The van der Waals surface area contributed by atoms with Crippen LogP contribution in [0, 0.1) is 0 Å². The highest BCUT2D eigenvalue weighted by atomic mass is 15.0. The first-order valence-corrected chi connectivity index (χ1v) is 15.0. The largest absolute Gasteiger partial charge is 0.309 e. The van der Waals surface area contributed by atoms with E-state index in [4.69, 9.17) is 11.0 Å². The highest BCUT2D eigenvalue weighted by Crippen LogP contribution is 2.59. The van der Waals surface area contributed by atoms with Crippen LogP contribution in [0.1, 0.15) is 11.0 Å². The maximum absolute atomic E-state index is 8.95. The number of rotatable bonds is 3. The lowest BCUT2D eigenvalue weighted by molar-refractivity contribution is 1.19. The van der Waals surface area contributed by atoms with Crippen LogP contribution < -0.4 is 0 Å². The molecule has 0 spiro atoms. The standard InChI is InChI=1S/C44H27N/c1-3-13-28(14-4-1)41-35-19-7-8-20-36(35)42(29-15-5-2-6-16-29)44-38-27-31-25-32(24-23-30(31)26-37(38)43(41)44)45-39-21-11-9-17-33(39)34-18-10-12-22-40(34)45/h1-27H/i9D,10D,11D,12D,17D,18D,21D,22D. The molecule has 45 heavy (non-hydrogen) atoms. The van der Waals surface area contributed by atoms with Crippen molar-refractivity contribution >= 4 is 43.4 Å². The van der Waals surface area contributed by atoms with E-state index < -0.39 is 24.2 Å². The molecule has 0 saturated heterocycles. The monoisotopic (exact) mass is 577 g/mol. The molecule has 1 heteroatoms. The van der Waals surface area contributed by atoms with Crippen LogP contribution in [-0.2, 0) is 0 Å². The van der Waals surface area contributed by atoms with Gasteiger partial charge in [0.15, 0.2) is 0 Å². The number of hydrogen-bond donors (Lipinski definition) is 0. The van der Waals surface area contributed by atoms with E-state index in [1.54, 1.807) is 4.57 Å². The average Bonchev–Trinajstić information content (AvgIpc) is 3.56. The summed E-state index contributed by atoms with van der Waals surface area (Å²) in [6, 6.07) is 36.5. The van der Waals surface area contributed by atoms with Gasteiger partial charge >= 0.3 is 0 Å². The van der Waals surface area contributed by atoms with Crippen molar-refractivity contribution in [2.45, 2.75) is 0 Å². The van der Waals surface area contributed by atoms with Crippen molar-refractivity contribution in [3.8, 4) is 50.2 Å². The topological polar surface area (TPSA) is 4.93 Å². The van der Waals surface area contributed by atoms with Crippen LogP contribution >= 0.6 is 0 Å². The molecule has 1 heterocycles. The summed E-state index contributed by atoms with van der Waals surface area (Å²) in [6.07, 6.45) is 0. The Morgan fingerprint density at radius 2 is 0.889 bits per heavy atom. The molecule has 0 N–H and O–H groups in total. The van der Waals surface area contributed by atoms with Gasteiger partial charge in [-0.15, -0.1) is 0 Å². The van der Waals surface area contributed by atoms with Crippen molar-refractivity contribution in [3.05, 3.63) is 164 Å². The number of aromatic nitrogens is 1. The van der Waals surface area contributed by atoms with Gasteiger partial charge in [0.25, 0.3) is 0 Å². The van der Waals surface area contributed by atoms with Gasteiger partial charge in [-0.25, -0.2) is 0 Å². The fraction of sp³-hybridized carbons (Fsp3) is 0. The average molecular weight is 578 g/mol. The van der Waals surface area contributed by atoms with Crippen molar-refractivity contribution in [2.24, 2.45) is 0 Å². The molecule has 0 fully saturated rings. The van der Waals surface area contributed by atoms with Gasteiger partial charge in [0, 0.05) is 16.5 Å². The molecule has 1 aromatic heterocycles. The summed E-state index contributed by atoms with van der Waals surface area (Å²) in [4.78, 5) is 0. The van der Waals surface area contributed by atoms with Gasteiger partial charge in [-0.05, 0) is 102 Å². The van der Waals surface area contributed by atoms with Gasteiger partial charge in [-0.2, -0.15) is 0 Å². The van der Waals surface area contributed by atoms with Crippen LogP contribution in [0.5, 0.6) is 0 Å². The van der Waals surface area contributed by atoms with Gasteiger partial charge < -0.3 is 4.57 Å². The molecule has 10 rings (SSSR count). The molecular weight excluding hydrogens is 542 g/mol. The summed E-state index contributed by atoms with van der Waals surface area (Å²) in [7, 11) is 0. The van der Waals surface area contributed by atoms with Gasteiger partial charge in [-0.1, -0.05) is 127 Å². The Morgan fingerprint density at radius 1 is 0.400 bits per heavy atom. The summed E-state index contributed by atoms with van der Waals surface area (Å²) in [6.45, 7) is 0. The van der Waals surface area contributed by atoms with E-state index in [-0.39, 0.29) is 46.0 Å². The molecule has 0 saturated carbocycles. The smallest absolute Gasteiger partial charge is 0.0645 e. The zero-order valence-electron chi connectivity index (χ0n) is 31.9. The maximum Gasteiger partial charge on any atom is 0.0645 e. The fourth-order valence-electron chi connectivity index (χ4n) is 7.24. The van der Waals surface area contributed by atoms with E-state index in [1.807, 2.05) is 30.3 Å². The highest BCUT2D eigenvalue weighted by Gasteiger charge is 2.32. The first-order valence-electron chi connectivity index (χ1n) is 19.0. The third kappa shape index (κ3) is 3.44. The number of nitrogens with zero attached hydrogens (tertiary/aromatic N) is 1. The summed E-state index contributed by atoms with van der Waals surface area (Å²) >= 11 is 0. The van der Waals surface area contributed by atoms with E-state index in [0.29, 0.717) is 5.69 Å². The summed E-state index contributed by atoms with van der Waals surface area (Å²) in [5.74, 6) is 0. The number of benzene rings is 8. The molecule has 9 aromatic rings. The normalized spacial score (nSPS) is 14.5. The lowest BCUT2D eigenvalue weighted by Crippen LogP contribution is -2.05. The molecule has 0 radical (unpaired) electrons.